The van der Waals surface area contributed by atoms with Gasteiger partial charge in [-0.05, 0) is 43.0 Å². The Labute approximate surface area is 119 Å². The molecule has 0 radical (unpaired) electrons. The molecule has 1 aromatic heterocycles. The van der Waals surface area contributed by atoms with Crippen molar-refractivity contribution in [1.82, 2.24) is 9.88 Å². The zero-order valence-corrected chi connectivity index (χ0v) is 12.8. The number of oxazole rings is 1. The molecule has 4 heteroatoms. The van der Waals surface area contributed by atoms with E-state index in [9.17, 15) is 4.79 Å². The van der Waals surface area contributed by atoms with Gasteiger partial charge in [-0.2, -0.15) is 0 Å². The summed E-state index contributed by atoms with van der Waals surface area (Å²) >= 11 is 0. The molecule has 4 nitrogen and oxygen atoms in total. The molecule has 1 N–H and O–H groups in total. The van der Waals surface area contributed by atoms with Crippen LogP contribution in [0.4, 0.5) is 0 Å². The number of nitrogens with one attached hydrogen (secondary N) is 1. The number of aromatic nitrogens is 1. The van der Waals surface area contributed by atoms with Crippen molar-refractivity contribution < 1.29 is 4.42 Å². The number of hydrogen-bond donors (Lipinski definition) is 1. The van der Waals surface area contributed by atoms with Crippen molar-refractivity contribution >= 4 is 11.1 Å². The van der Waals surface area contributed by atoms with Gasteiger partial charge in [0.05, 0.1) is 5.52 Å². The van der Waals surface area contributed by atoms with Crippen molar-refractivity contribution in [3.05, 3.63) is 34.3 Å². The SMILES string of the molecule is CCNC(CCC(C)C)c1ccc2c(c1)oc(=O)n2C. The van der Waals surface area contributed by atoms with Gasteiger partial charge in [-0.3, -0.25) is 4.57 Å². The first-order valence-electron chi connectivity index (χ1n) is 7.35. The topological polar surface area (TPSA) is 47.2 Å². The summed E-state index contributed by atoms with van der Waals surface area (Å²) in [6, 6.07) is 6.36. The maximum Gasteiger partial charge on any atom is 0.419 e. The van der Waals surface area contributed by atoms with Gasteiger partial charge >= 0.3 is 5.76 Å². The molecule has 0 bridgehead atoms. The largest absolute Gasteiger partial charge is 0.419 e. The van der Waals surface area contributed by atoms with Crippen molar-refractivity contribution in [2.45, 2.75) is 39.7 Å². The highest BCUT2D eigenvalue weighted by molar-refractivity contribution is 5.73. The third kappa shape index (κ3) is 3.12. The Morgan fingerprint density at radius 1 is 1.30 bits per heavy atom. The molecule has 2 aromatic rings. The minimum atomic E-state index is -0.306. The summed E-state index contributed by atoms with van der Waals surface area (Å²) in [5, 5.41) is 3.51. The van der Waals surface area contributed by atoms with Crippen LogP contribution in [0.2, 0.25) is 0 Å². The van der Waals surface area contributed by atoms with Crippen LogP contribution in [-0.2, 0) is 7.05 Å². The van der Waals surface area contributed by atoms with Crippen molar-refractivity contribution in [3.8, 4) is 0 Å². The molecule has 20 heavy (non-hydrogen) atoms. The fourth-order valence-electron chi connectivity index (χ4n) is 2.50. The zero-order chi connectivity index (χ0) is 14.7. The zero-order valence-electron chi connectivity index (χ0n) is 12.8. The Kier molecular flexibility index (Phi) is 4.65. The number of aryl methyl sites for hydroxylation is 1. The summed E-state index contributed by atoms with van der Waals surface area (Å²) in [5.74, 6) is 0.383. The normalized spacial score (nSPS) is 13.2. The van der Waals surface area contributed by atoms with E-state index in [0.717, 1.165) is 18.5 Å². The van der Waals surface area contributed by atoms with Crippen molar-refractivity contribution in [3.63, 3.8) is 0 Å². The summed E-state index contributed by atoms with van der Waals surface area (Å²) in [6.07, 6.45) is 2.27. The Morgan fingerprint density at radius 3 is 2.70 bits per heavy atom. The quantitative estimate of drug-likeness (QED) is 0.881. The van der Waals surface area contributed by atoms with Gasteiger partial charge in [-0.15, -0.1) is 0 Å². The van der Waals surface area contributed by atoms with E-state index in [1.54, 1.807) is 7.05 Å². The van der Waals surface area contributed by atoms with Gasteiger partial charge in [0.1, 0.15) is 0 Å². The fraction of sp³-hybridized carbons (Fsp3) is 0.562. The predicted molar refractivity (Wildman–Crippen MR) is 81.9 cm³/mol. The van der Waals surface area contributed by atoms with Crippen LogP contribution in [0, 0.1) is 5.92 Å². The maximum atomic E-state index is 11.5. The van der Waals surface area contributed by atoms with Gasteiger partial charge in [0, 0.05) is 13.1 Å². The van der Waals surface area contributed by atoms with E-state index in [0.29, 0.717) is 17.5 Å². The number of nitrogens with zero attached hydrogens (tertiary/aromatic N) is 1. The van der Waals surface area contributed by atoms with Crippen LogP contribution in [0.1, 0.15) is 45.2 Å². The Bertz CT molecular complexity index is 625. The average molecular weight is 276 g/mol. The first-order chi connectivity index (χ1) is 9.52. The second-order valence-corrected chi connectivity index (χ2v) is 5.74. The van der Waals surface area contributed by atoms with E-state index in [1.165, 1.54) is 16.6 Å². The van der Waals surface area contributed by atoms with Crippen molar-refractivity contribution in [1.29, 1.82) is 0 Å². The molecule has 1 aromatic carbocycles. The molecule has 0 fully saturated rings. The number of rotatable bonds is 6. The summed E-state index contributed by atoms with van der Waals surface area (Å²) in [6.45, 7) is 7.52. The summed E-state index contributed by atoms with van der Waals surface area (Å²) in [5.41, 5.74) is 2.70. The second kappa shape index (κ2) is 6.27. The molecule has 110 valence electrons. The minimum absolute atomic E-state index is 0.306. The summed E-state index contributed by atoms with van der Waals surface area (Å²) in [7, 11) is 1.73. The van der Waals surface area contributed by atoms with Crippen LogP contribution in [-0.4, -0.2) is 11.1 Å². The molecule has 1 heterocycles. The van der Waals surface area contributed by atoms with Crippen LogP contribution >= 0.6 is 0 Å². The number of fused-ring (bicyclic) bond motifs is 1. The smallest absolute Gasteiger partial charge is 0.408 e. The molecule has 1 unspecified atom stereocenters. The summed E-state index contributed by atoms with van der Waals surface area (Å²) in [4.78, 5) is 11.5. The van der Waals surface area contributed by atoms with Gasteiger partial charge in [-0.25, -0.2) is 4.79 Å². The van der Waals surface area contributed by atoms with Gasteiger partial charge in [-0.1, -0.05) is 26.8 Å². The highest BCUT2D eigenvalue weighted by Crippen LogP contribution is 2.24. The molecule has 0 amide bonds. The highest BCUT2D eigenvalue weighted by Gasteiger charge is 2.14. The first kappa shape index (κ1) is 14.9. The lowest BCUT2D eigenvalue weighted by Crippen LogP contribution is -2.21. The van der Waals surface area contributed by atoms with Crippen LogP contribution in [0.15, 0.2) is 27.4 Å². The van der Waals surface area contributed by atoms with Crippen LogP contribution < -0.4 is 11.1 Å². The van der Waals surface area contributed by atoms with Gasteiger partial charge in [0.25, 0.3) is 0 Å². The Hall–Kier alpha value is -1.55. The van der Waals surface area contributed by atoms with E-state index >= 15 is 0 Å². The molecule has 0 saturated heterocycles. The lowest BCUT2D eigenvalue weighted by Gasteiger charge is -2.19. The van der Waals surface area contributed by atoms with Crippen LogP contribution in [0.3, 0.4) is 0 Å². The van der Waals surface area contributed by atoms with E-state index < -0.39 is 0 Å². The maximum absolute atomic E-state index is 11.5. The molecule has 0 aliphatic carbocycles. The van der Waals surface area contributed by atoms with Crippen LogP contribution in [0.5, 0.6) is 0 Å². The Balaban J connectivity index is 2.30. The molecule has 0 aliphatic rings. The second-order valence-electron chi connectivity index (χ2n) is 5.74. The lowest BCUT2D eigenvalue weighted by atomic mass is 9.97. The van der Waals surface area contributed by atoms with Gasteiger partial charge < -0.3 is 9.73 Å². The third-order valence-electron chi connectivity index (χ3n) is 3.70. The van der Waals surface area contributed by atoms with E-state index in [2.05, 4.69) is 32.2 Å². The Morgan fingerprint density at radius 2 is 2.05 bits per heavy atom. The lowest BCUT2D eigenvalue weighted by molar-refractivity contribution is 0.448. The van der Waals surface area contributed by atoms with E-state index in [1.807, 2.05) is 12.1 Å². The molecule has 0 saturated carbocycles. The molecular formula is C16H24N2O2. The van der Waals surface area contributed by atoms with E-state index in [-0.39, 0.29) is 5.76 Å². The number of benzene rings is 1. The molecule has 2 rings (SSSR count). The standard InChI is InChI=1S/C16H24N2O2/c1-5-17-13(8-6-11(2)3)12-7-9-14-15(10-12)20-16(19)18(14)4/h7,9-11,13,17H,5-6,8H2,1-4H3. The van der Waals surface area contributed by atoms with Gasteiger partial charge in [0.2, 0.25) is 0 Å². The molecular weight excluding hydrogens is 252 g/mol. The third-order valence-corrected chi connectivity index (χ3v) is 3.70. The van der Waals surface area contributed by atoms with Crippen molar-refractivity contribution in [2.24, 2.45) is 13.0 Å². The minimum Gasteiger partial charge on any atom is -0.408 e. The molecule has 1 atom stereocenters. The predicted octanol–water partition coefficient (Wildman–Crippen LogP) is 3.22. The van der Waals surface area contributed by atoms with Gasteiger partial charge in [0.15, 0.2) is 5.58 Å². The first-order valence-corrected chi connectivity index (χ1v) is 7.35. The molecule has 0 spiro atoms. The summed E-state index contributed by atoms with van der Waals surface area (Å²) < 4.78 is 6.81. The van der Waals surface area contributed by atoms with E-state index in [4.69, 9.17) is 4.42 Å². The molecule has 0 aliphatic heterocycles. The monoisotopic (exact) mass is 276 g/mol. The van der Waals surface area contributed by atoms with Crippen molar-refractivity contribution in [2.75, 3.05) is 6.54 Å². The average Bonchev–Trinajstić information content (AvgIpc) is 2.69. The highest BCUT2D eigenvalue weighted by atomic mass is 16.4. The fourth-order valence-corrected chi connectivity index (χ4v) is 2.50. The van der Waals surface area contributed by atoms with Crippen LogP contribution in [0.25, 0.3) is 11.1 Å². The number of hydrogen-bond acceptors (Lipinski definition) is 3.